The molecule has 0 spiro atoms. The fourth-order valence-corrected chi connectivity index (χ4v) is 2.32. The summed E-state index contributed by atoms with van der Waals surface area (Å²) >= 11 is 1.42. The number of carbonyl (C=O) groups excluding carboxylic acids is 2. The van der Waals surface area contributed by atoms with Gasteiger partial charge in [-0.25, -0.2) is 0 Å². The van der Waals surface area contributed by atoms with Gasteiger partial charge in [-0.3, -0.25) is 9.59 Å². The molecule has 0 saturated carbocycles. The normalized spacial score (nSPS) is 11.9. The van der Waals surface area contributed by atoms with Crippen molar-refractivity contribution in [1.29, 1.82) is 0 Å². The summed E-state index contributed by atoms with van der Waals surface area (Å²) in [5.74, 6) is -0.857. The number of primary amides is 1. The van der Waals surface area contributed by atoms with Gasteiger partial charge in [-0.05, 0) is 25.5 Å². The number of hydrogen-bond donors (Lipinski definition) is 3. The van der Waals surface area contributed by atoms with Crippen LogP contribution in [0, 0.1) is 13.8 Å². The molecule has 0 radical (unpaired) electrons. The first kappa shape index (κ1) is 15.5. The van der Waals surface area contributed by atoms with E-state index in [4.69, 9.17) is 10.8 Å². The van der Waals surface area contributed by atoms with Crippen molar-refractivity contribution in [2.75, 3.05) is 12.3 Å². The van der Waals surface area contributed by atoms with E-state index in [0.717, 1.165) is 16.0 Å². The zero-order valence-corrected chi connectivity index (χ0v) is 11.8. The Balaban J connectivity index is 2.42. The second kappa shape index (κ2) is 7.16. The number of aliphatic hydroxyl groups is 1. The van der Waals surface area contributed by atoms with Crippen molar-refractivity contribution in [2.45, 2.75) is 24.8 Å². The smallest absolute Gasteiger partial charge is 0.248 e. The summed E-state index contributed by atoms with van der Waals surface area (Å²) in [4.78, 5) is 23.2. The summed E-state index contributed by atoms with van der Waals surface area (Å²) < 4.78 is 0. The average Bonchev–Trinajstić information content (AvgIpc) is 2.36. The summed E-state index contributed by atoms with van der Waals surface area (Å²) in [6.45, 7) is 3.82. The van der Waals surface area contributed by atoms with Crippen molar-refractivity contribution in [3.8, 4) is 0 Å². The fraction of sp³-hybridized carbons (Fsp3) is 0.385. The van der Waals surface area contributed by atoms with E-state index < -0.39 is 12.0 Å². The Kier molecular flexibility index (Phi) is 5.85. The lowest BCUT2D eigenvalue weighted by atomic mass is 10.2. The first-order valence-corrected chi connectivity index (χ1v) is 6.83. The van der Waals surface area contributed by atoms with Gasteiger partial charge in [0.2, 0.25) is 11.8 Å². The van der Waals surface area contributed by atoms with E-state index in [1.165, 1.54) is 11.8 Å². The van der Waals surface area contributed by atoms with Crippen molar-refractivity contribution in [3.05, 3.63) is 29.3 Å². The fourth-order valence-electron chi connectivity index (χ4n) is 1.37. The molecule has 0 aromatic heterocycles. The van der Waals surface area contributed by atoms with Crippen LogP contribution >= 0.6 is 11.8 Å². The maximum Gasteiger partial charge on any atom is 0.248 e. The Labute approximate surface area is 116 Å². The van der Waals surface area contributed by atoms with Crippen molar-refractivity contribution in [3.63, 3.8) is 0 Å². The standard InChI is InChI=1S/C13H18N2O3S/c1-8-3-4-9(2)11(5-8)19-7-12(17)15-6-10(16)13(14)18/h3-5,10,16H,6-7H2,1-2H3,(H2,14,18)(H,15,17). The van der Waals surface area contributed by atoms with Crippen molar-refractivity contribution in [2.24, 2.45) is 5.73 Å². The number of benzene rings is 1. The lowest BCUT2D eigenvalue weighted by molar-refractivity contribution is -0.126. The van der Waals surface area contributed by atoms with E-state index in [2.05, 4.69) is 5.32 Å². The van der Waals surface area contributed by atoms with Crippen LogP contribution in [0.1, 0.15) is 11.1 Å². The Morgan fingerprint density at radius 1 is 1.42 bits per heavy atom. The molecular formula is C13H18N2O3S. The lowest BCUT2D eigenvalue weighted by Gasteiger charge is -2.09. The number of nitrogens with two attached hydrogens (primary N) is 1. The monoisotopic (exact) mass is 282 g/mol. The van der Waals surface area contributed by atoms with Crippen LogP contribution < -0.4 is 11.1 Å². The van der Waals surface area contributed by atoms with Crippen LogP contribution in [-0.2, 0) is 9.59 Å². The first-order valence-electron chi connectivity index (χ1n) is 5.84. The second-order valence-electron chi connectivity index (χ2n) is 4.28. The molecule has 5 nitrogen and oxygen atoms in total. The summed E-state index contributed by atoms with van der Waals surface area (Å²) in [6, 6.07) is 6.04. The number of rotatable bonds is 6. The summed E-state index contributed by atoms with van der Waals surface area (Å²) in [6.07, 6.45) is -1.34. The van der Waals surface area contributed by atoms with Gasteiger partial charge in [-0.2, -0.15) is 0 Å². The molecule has 0 saturated heterocycles. The number of thioether (sulfide) groups is 1. The van der Waals surface area contributed by atoms with Gasteiger partial charge in [-0.1, -0.05) is 17.7 Å². The van der Waals surface area contributed by atoms with Crippen molar-refractivity contribution < 1.29 is 14.7 Å². The number of aliphatic hydroxyl groups excluding tert-OH is 1. The van der Waals surface area contributed by atoms with Crippen LogP contribution in [-0.4, -0.2) is 35.3 Å². The molecule has 0 aliphatic carbocycles. The van der Waals surface area contributed by atoms with E-state index in [1.807, 2.05) is 32.0 Å². The molecule has 1 rings (SSSR count). The van der Waals surface area contributed by atoms with E-state index in [1.54, 1.807) is 0 Å². The van der Waals surface area contributed by atoms with E-state index in [-0.39, 0.29) is 18.2 Å². The first-order chi connectivity index (χ1) is 8.90. The highest BCUT2D eigenvalue weighted by Gasteiger charge is 2.12. The SMILES string of the molecule is Cc1ccc(C)c(SCC(=O)NCC(O)C(N)=O)c1. The predicted octanol–water partition coefficient (Wildman–Crippen LogP) is 0.358. The maximum atomic E-state index is 11.5. The third-order valence-corrected chi connectivity index (χ3v) is 3.68. The van der Waals surface area contributed by atoms with Gasteiger partial charge in [-0.15, -0.1) is 11.8 Å². The Bertz CT molecular complexity index is 477. The highest BCUT2D eigenvalue weighted by atomic mass is 32.2. The minimum absolute atomic E-state index is 0.151. The number of nitrogens with one attached hydrogen (secondary N) is 1. The Morgan fingerprint density at radius 2 is 2.11 bits per heavy atom. The minimum atomic E-state index is -1.34. The van der Waals surface area contributed by atoms with Gasteiger partial charge in [0, 0.05) is 4.90 Å². The van der Waals surface area contributed by atoms with Gasteiger partial charge in [0.1, 0.15) is 6.10 Å². The van der Waals surface area contributed by atoms with E-state index in [9.17, 15) is 9.59 Å². The maximum absolute atomic E-state index is 11.5. The third-order valence-electron chi connectivity index (χ3n) is 2.52. The molecule has 19 heavy (non-hydrogen) atoms. The van der Waals surface area contributed by atoms with Crippen LogP contribution in [0.3, 0.4) is 0 Å². The molecule has 1 aromatic rings. The largest absolute Gasteiger partial charge is 0.381 e. The summed E-state index contributed by atoms with van der Waals surface area (Å²) in [5, 5.41) is 11.6. The molecule has 4 N–H and O–H groups in total. The summed E-state index contributed by atoms with van der Waals surface area (Å²) in [5.41, 5.74) is 7.13. The van der Waals surface area contributed by atoms with Crippen LogP contribution in [0.15, 0.2) is 23.1 Å². The molecule has 1 aromatic carbocycles. The molecule has 0 fully saturated rings. The predicted molar refractivity (Wildman–Crippen MR) is 74.9 cm³/mol. The lowest BCUT2D eigenvalue weighted by Crippen LogP contribution is -2.40. The van der Waals surface area contributed by atoms with E-state index >= 15 is 0 Å². The quantitative estimate of drug-likeness (QED) is 0.657. The molecule has 0 aliphatic heterocycles. The third kappa shape index (κ3) is 5.32. The van der Waals surface area contributed by atoms with Crippen molar-refractivity contribution >= 4 is 23.6 Å². The number of hydrogen-bond acceptors (Lipinski definition) is 4. The molecule has 1 unspecified atom stereocenters. The van der Waals surface area contributed by atoms with Crippen LogP contribution in [0.25, 0.3) is 0 Å². The molecule has 6 heteroatoms. The highest BCUT2D eigenvalue weighted by molar-refractivity contribution is 8.00. The van der Waals surface area contributed by atoms with Gasteiger partial charge in [0.05, 0.1) is 12.3 Å². The van der Waals surface area contributed by atoms with Gasteiger partial charge >= 0.3 is 0 Å². The highest BCUT2D eigenvalue weighted by Crippen LogP contribution is 2.23. The van der Waals surface area contributed by atoms with Crippen LogP contribution in [0.5, 0.6) is 0 Å². The molecule has 2 amide bonds. The number of carbonyl (C=O) groups is 2. The minimum Gasteiger partial charge on any atom is -0.381 e. The van der Waals surface area contributed by atoms with E-state index in [0.29, 0.717) is 0 Å². The molecule has 0 aliphatic rings. The molecule has 1 atom stereocenters. The molecule has 104 valence electrons. The zero-order valence-electron chi connectivity index (χ0n) is 11.0. The topological polar surface area (TPSA) is 92.4 Å². The zero-order chi connectivity index (χ0) is 14.4. The second-order valence-corrected chi connectivity index (χ2v) is 5.30. The van der Waals surface area contributed by atoms with Gasteiger partial charge in [0.15, 0.2) is 0 Å². The number of aryl methyl sites for hydroxylation is 2. The van der Waals surface area contributed by atoms with Crippen molar-refractivity contribution in [1.82, 2.24) is 5.32 Å². The number of amides is 2. The average molecular weight is 282 g/mol. The van der Waals surface area contributed by atoms with Crippen LogP contribution in [0.4, 0.5) is 0 Å². The van der Waals surface area contributed by atoms with Crippen LogP contribution in [0.2, 0.25) is 0 Å². The van der Waals surface area contributed by atoms with Gasteiger partial charge < -0.3 is 16.2 Å². The molecule has 0 bridgehead atoms. The van der Waals surface area contributed by atoms with Gasteiger partial charge in [0.25, 0.3) is 0 Å². The Hall–Kier alpha value is -1.53. The Morgan fingerprint density at radius 3 is 2.74 bits per heavy atom. The molecular weight excluding hydrogens is 264 g/mol. The molecule has 0 heterocycles. The summed E-state index contributed by atoms with van der Waals surface area (Å²) in [7, 11) is 0.